The van der Waals surface area contributed by atoms with Gasteiger partial charge in [0.15, 0.2) is 0 Å². The molecule has 0 radical (unpaired) electrons. The summed E-state index contributed by atoms with van der Waals surface area (Å²) in [5.74, 6) is 1.10. The smallest absolute Gasteiger partial charge is 1.00 e. The Balaban J connectivity index is -0.00000144. The van der Waals surface area contributed by atoms with E-state index >= 15 is 0 Å². The molecule has 0 fully saturated rings. The van der Waals surface area contributed by atoms with E-state index < -0.39 is 21.4 Å². The number of hydrogen-bond donors (Lipinski definition) is 2. The fraction of sp³-hybridized carbons (Fsp3) is 0.909. The number of hydrogen-bond acceptors (Lipinski definition) is 4. The monoisotopic (exact) mass is 337 g/mol. The Morgan fingerprint density at radius 3 is 2.42 bits per heavy atom. The summed E-state index contributed by atoms with van der Waals surface area (Å²) >= 11 is 1.72. The van der Waals surface area contributed by atoms with E-state index in [0.717, 1.165) is 24.3 Å². The van der Waals surface area contributed by atoms with Crippen LogP contribution in [-0.2, 0) is 14.9 Å². The summed E-state index contributed by atoms with van der Waals surface area (Å²) in [7, 11) is -4.08. The Hall–Kier alpha value is 1.37. The summed E-state index contributed by atoms with van der Waals surface area (Å²) < 4.78 is 30.3. The van der Waals surface area contributed by atoms with Gasteiger partial charge in [-0.1, -0.05) is 13.3 Å². The van der Waals surface area contributed by atoms with E-state index in [-0.39, 0.29) is 58.7 Å². The number of rotatable bonds is 9. The van der Waals surface area contributed by atoms with E-state index in [1.165, 1.54) is 0 Å². The third-order valence-electron chi connectivity index (χ3n) is 2.14. The molecule has 8 heteroatoms. The SMILES string of the molecule is CCCCSCCC(=O)NC(C)(C)CS(=O)(=O)O.[H-].[K+]. The molecule has 0 saturated heterocycles. The Bertz CT molecular complexity index is 363. The summed E-state index contributed by atoms with van der Waals surface area (Å²) in [5, 5.41) is 2.61. The van der Waals surface area contributed by atoms with E-state index in [9.17, 15) is 13.2 Å². The number of amides is 1. The molecule has 0 heterocycles. The van der Waals surface area contributed by atoms with Crippen LogP contribution in [0, 0.1) is 0 Å². The van der Waals surface area contributed by atoms with E-state index in [1.54, 1.807) is 25.6 Å². The average Bonchev–Trinajstić information content (AvgIpc) is 2.12. The molecule has 1 amide bonds. The molecule has 110 valence electrons. The van der Waals surface area contributed by atoms with E-state index in [0.29, 0.717) is 6.42 Å². The fourth-order valence-corrected chi connectivity index (χ4v) is 3.46. The molecule has 0 bridgehead atoms. The van der Waals surface area contributed by atoms with Crippen molar-refractivity contribution < 1.29 is 70.6 Å². The quantitative estimate of drug-likeness (QED) is 0.314. The van der Waals surface area contributed by atoms with Crippen LogP contribution in [0.2, 0.25) is 0 Å². The third kappa shape index (κ3) is 15.6. The Morgan fingerprint density at radius 2 is 1.95 bits per heavy atom. The normalized spacial score (nSPS) is 11.8. The molecule has 0 spiro atoms. The van der Waals surface area contributed by atoms with Gasteiger partial charge in [-0.05, 0) is 26.0 Å². The second-order valence-electron chi connectivity index (χ2n) is 4.87. The molecule has 0 aliphatic rings. The van der Waals surface area contributed by atoms with Crippen molar-refractivity contribution in [1.82, 2.24) is 5.32 Å². The van der Waals surface area contributed by atoms with Crippen molar-refractivity contribution in [3.63, 3.8) is 0 Å². The Morgan fingerprint density at radius 1 is 1.37 bits per heavy atom. The zero-order valence-corrected chi connectivity index (χ0v) is 17.0. The van der Waals surface area contributed by atoms with Gasteiger partial charge >= 0.3 is 51.4 Å². The standard InChI is InChI=1S/C11H23NO4S2.K.H/c1-4-5-7-17-8-6-10(13)12-11(2,3)9-18(14,15)16;;/h4-9H2,1-3H3,(H,12,13)(H,14,15,16);;/q;+1;-1. The zero-order valence-electron chi connectivity index (χ0n) is 13.2. The molecular formula is C11H24KNO4S2. The van der Waals surface area contributed by atoms with Gasteiger partial charge in [-0.15, -0.1) is 0 Å². The first kappa shape index (κ1) is 22.6. The first-order chi connectivity index (χ1) is 8.16. The van der Waals surface area contributed by atoms with Crippen LogP contribution in [0.5, 0.6) is 0 Å². The number of carbonyl (C=O) groups excluding carboxylic acids is 1. The minimum atomic E-state index is -4.08. The van der Waals surface area contributed by atoms with Gasteiger partial charge in [0.1, 0.15) is 0 Å². The molecular weight excluding hydrogens is 313 g/mol. The summed E-state index contributed by atoms with van der Waals surface area (Å²) in [6, 6.07) is 0. The van der Waals surface area contributed by atoms with Crippen molar-refractivity contribution >= 4 is 27.8 Å². The predicted molar refractivity (Wildman–Crippen MR) is 76.6 cm³/mol. The molecule has 2 N–H and O–H groups in total. The van der Waals surface area contributed by atoms with Crippen LogP contribution in [0.25, 0.3) is 0 Å². The van der Waals surface area contributed by atoms with E-state index in [1.807, 2.05) is 0 Å². The third-order valence-corrected chi connectivity index (χ3v) is 4.29. The van der Waals surface area contributed by atoms with Gasteiger partial charge in [0.25, 0.3) is 10.1 Å². The minimum absolute atomic E-state index is 0. The van der Waals surface area contributed by atoms with Gasteiger partial charge < -0.3 is 6.74 Å². The van der Waals surface area contributed by atoms with Crippen LogP contribution in [0.1, 0.15) is 41.5 Å². The second-order valence-corrected chi connectivity index (χ2v) is 7.55. The molecule has 0 aliphatic heterocycles. The number of carbonyl (C=O) groups is 1. The largest absolute Gasteiger partial charge is 1.00 e. The van der Waals surface area contributed by atoms with E-state index in [4.69, 9.17) is 4.55 Å². The Kier molecular flexibility index (Phi) is 13.1. The number of unbranched alkanes of at least 4 members (excludes halogenated alkanes) is 1. The van der Waals surface area contributed by atoms with Crippen molar-refractivity contribution in [1.29, 1.82) is 0 Å². The van der Waals surface area contributed by atoms with Gasteiger partial charge in [-0.3, -0.25) is 9.35 Å². The van der Waals surface area contributed by atoms with Gasteiger partial charge in [-0.2, -0.15) is 20.2 Å². The van der Waals surface area contributed by atoms with Crippen LogP contribution in [0.4, 0.5) is 0 Å². The predicted octanol–water partition coefficient (Wildman–Crippen LogP) is -1.19. The maximum absolute atomic E-state index is 11.6. The summed E-state index contributed by atoms with van der Waals surface area (Å²) in [6.07, 6.45) is 2.64. The van der Waals surface area contributed by atoms with Crippen LogP contribution in [0.3, 0.4) is 0 Å². The molecule has 0 aromatic heterocycles. The zero-order chi connectivity index (χ0) is 14.2. The maximum Gasteiger partial charge on any atom is 1.00 e. The first-order valence-corrected chi connectivity index (χ1v) is 8.76. The number of nitrogens with one attached hydrogen (secondary N) is 1. The maximum atomic E-state index is 11.6. The molecule has 5 nitrogen and oxygen atoms in total. The van der Waals surface area contributed by atoms with Crippen LogP contribution >= 0.6 is 11.8 Å². The molecule has 0 aliphatic carbocycles. The minimum Gasteiger partial charge on any atom is -1.00 e. The van der Waals surface area contributed by atoms with Crippen LogP contribution < -0.4 is 56.7 Å². The topological polar surface area (TPSA) is 83.5 Å². The summed E-state index contributed by atoms with van der Waals surface area (Å²) in [5.41, 5.74) is -0.946. The molecule has 0 aromatic carbocycles. The molecule has 0 saturated carbocycles. The van der Waals surface area contributed by atoms with Gasteiger partial charge in [0.05, 0.1) is 11.3 Å². The van der Waals surface area contributed by atoms with Crippen molar-refractivity contribution in [2.45, 2.75) is 45.6 Å². The van der Waals surface area contributed by atoms with Gasteiger partial charge in [0, 0.05) is 12.2 Å². The van der Waals surface area contributed by atoms with Crippen molar-refractivity contribution in [3.05, 3.63) is 0 Å². The molecule has 0 unspecified atom stereocenters. The van der Waals surface area contributed by atoms with Crippen molar-refractivity contribution in [3.8, 4) is 0 Å². The van der Waals surface area contributed by atoms with E-state index in [2.05, 4.69) is 12.2 Å². The first-order valence-electron chi connectivity index (χ1n) is 6.00. The average molecular weight is 338 g/mol. The number of thioether (sulfide) groups is 1. The molecule has 19 heavy (non-hydrogen) atoms. The summed E-state index contributed by atoms with van der Waals surface area (Å²) in [6.45, 7) is 5.26. The second kappa shape index (κ2) is 11.0. The van der Waals surface area contributed by atoms with Gasteiger partial charge in [-0.25, -0.2) is 0 Å². The Labute approximate surface area is 164 Å². The molecule has 0 aromatic rings. The van der Waals surface area contributed by atoms with Crippen LogP contribution in [-0.4, -0.2) is 41.7 Å². The fourth-order valence-electron chi connectivity index (χ4n) is 1.45. The van der Waals surface area contributed by atoms with Crippen molar-refractivity contribution in [2.24, 2.45) is 0 Å². The molecule has 0 rings (SSSR count). The van der Waals surface area contributed by atoms with Crippen molar-refractivity contribution in [2.75, 3.05) is 17.3 Å². The van der Waals surface area contributed by atoms with Gasteiger partial charge in [0.2, 0.25) is 5.91 Å². The van der Waals surface area contributed by atoms with Crippen LogP contribution in [0.15, 0.2) is 0 Å². The molecule has 0 atom stereocenters. The summed E-state index contributed by atoms with van der Waals surface area (Å²) in [4.78, 5) is 11.6.